The van der Waals surface area contributed by atoms with Crippen LogP contribution in [0.2, 0.25) is 0 Å². The highest BCUT2D eigenvalue weighted by Crippen LogP contribution is 2.25. The molecular weight excluding hydrogens is 274 g/mol. The van der Waals surface area contributed by atoms with Gasteiger partial charge in [-0.15, -0.1) is 0 Å². The molecular formula is C16H14F2N2O. The molecule has 5 heteroatoms. The van der Waals surface area contributed by atoms with Crippen molar-refractivity contribution < 1.29 is 13.5 Å². The van der Waals surface area contributed by atoms with Crippen LogP contribution in [0.5, 0.6) is 5.75 Å². The first-order valence-electron chi connectivity index (χ1n) is 6.59. The highest BCUT2D eigenvalue weighted by Gasteiger charge is 2.25. The minimum absolute atomic E-state index is 0.166. The Balaban J connectivity index is 1.79. The van der Waals surface area contributed by atoms with Crippen LogP contribution in [0.1, 0.15) is 11.6 Å². The van der Waals surface area contributed by atoms with Gasteiger partial charge in [0.05, 0.1) is 6.04 Å². The molecule has 0 N–H and O–H groups in total. The van der Waals surface area contributed by atoms with Crippen LogP contribution >= 0.6 is 0 Å². The number of likely N-dealkylation sites (N-methyl/N-ethyl adjacent to an activating group) is 1. The summed E-state index contributed by atoms with van der Waals surface area (Å²) >= 11 is 0. The van der Waals surface area contributed by atoms with Crippen molar-refractivity contribution in [3.8, 4) is 5.75 Å². The molecule has 1 unspecified atom stereocenters. The number of rotatable bonds is 2. The Morgan fingerprint density at radius 3 is 2.57 bits per heavy atom. The molecule has 3 nitrogen and oxygen atoms in total. The fourth-order valence-corrected chi connectivity index (χ4v) is 2.22. The van der Waals surface area contributed by atoms with Gasteiger partial charge in [-0.3, -0.25) is 0 Å². The molecule has 1 aliphatic rings. The first-order chi connectivity index (χ1) is 10.1. The molecule has 1 heterocycles. The van der Waals surface area contributed by atoms with Gasteiger partial charge in [-0.05, 0) is 42.0 Å². The van der Waals surface area contributed by atoms with Gasteiger partial charge in [0.1, 0.15) is 17.4 Å². The van der Waals surface area contributed by atoms with E-state index >= 15 is 0 Å². The van der Waals surface area contributed by atoms with E-state index < -0.39 is 0 Å². The van der Waals surface area contributed by atoms with Gasteiger partial charge >= 0.3 is 0 Å². The van der Waals surface area contributed by atoms with E-state index in [0.29, 0.717) is 18.3 Å². The van der Waals surface area contributed by atoms with Crippen molar-refractivity contribution in [2.45, 2.75) is 6.04 Å². The Hall–Kier alpha value is -2.43. The van der Waals surface area contributed by atoms with Crippen LogP contribution < -0.4 is 4.74 Å². The largest absolute Gasteiger partial charge is 0.426 e. The fraction of sp³-hybridized carbons (Fsp3) is 0.188. The summed E-state index contributed by atoms with van der Waals surface area (Å²) in [5.74, 6) is -0.0816. The summed E-state index contributed by atoms with van der Waals surface area (Å²) in [5.41, 5.74) is 0.805. The van der Waals surface area contributed by atoms with Gasteiger partial charge in [-0.1, -0.05) is 12.1 Å². The molecule has 0 aliphatic carbocycles. The van der Waals surface area contributed by atoms with Gasteiger partial charge in [-0.25, -0.2) is 13.8 Å². The standard InChI is InChI=1S/C16H14F2N2O/c1-20-10-15(11-3-2-4-13(18)9-11)19-16(20)21-14-7-5-12(17)6-8-14/h2-9,15H,10H2,1H3. The minimum Gasteiger partial charge on any atom is -0.426 e. The number of ether oxygens (including phenoxy) is 1. The number of nitrogens with zero attached hydrogens (tertiary/aromatic N) is 2. The van der Waals surface area contributed by atoms with E-state index in [9.17, 15) is 8.78 Å². The van der Waals surface area contributed by atoms with Crippen LogP contribution in [0, 0.1) is 11.6 Å². The molecule has 0 amide bonds. The van der Waals surface area contributed by atoms with E-state index in [0.717, 1.165) is 5.56 Å². The van der Waals surface area contributed by atoms with Crippen LogP contribution in [0.3, 0.4) is 0 Å². The van der Waals surface area contributed by atoms with Gasteiger partial charge in [0, 0.05) is 13.6 Å². The Bertz CT molecular complexity index is 670. The lowest BCUT2D eigenvalue weighted by molar-refractivity contribution is 0.411. The zero-order valence-electron chi connectivity index (χ0n) is 11.5. The number of benzene rings is 2. The quantitative estimate of drug-likeness (QED) is 0.846. The maximum Gasteiger partial charge on any atom is 0.293 e. The van der Waals surface area contributed by atoms with Crippen molar-refractivity contribution >= 4 is 6.02 Å². The maximum atomic E-state index is 13.3. The van der Waals surface area contributed by atoms with Gasteiger partial charge in [0.2, 0.25) is 0 Å². The van der Waals surface area contributed by atoms with Crippen LogP contribution in [0.25, 0.3) is 0 Å². The molecule has 0 spiro atoms. The average molecular weight is 288 g/mol. The lowest BCUT2D eigenvalue weighted by Gasteiger charge is -2.14. The van der Waals surface area contributed by atoms with Crippen molar-refractivity contribution in [2.75, 3.05) is 13.6 Å². The van der Waals surface area contributed by atoms with Crippen LogP contribution in [-0.2, 0) is 0 Å². The molecule has 1 aliphatic heterocycles. The summed E-state index contributed by atoms with van der Waals surface area (Å²) in [4.78, 5) is 6.30. The molecule has 0 fully saturated rings. The van der Waals surface area contributed by atoms with Crippen molar-refractivity contribution in [3.05, 3.63) is 65.7 Å². The molecule has 0 aromatic heterocycles. The normalized spacial score (nSPS) is 17.8. The fourth-order valence-electron chi connectivity index (χ4n) is 2.22. The third-order valence-corrected chi connectivity index (χ3v) is 3.30. The van der Waals surface area contributed by atoms with E-state index in [2.05, 4.69) is 4.99 Å². The van der Waals surface area contributed by atoms with E-state index in [4.69, 9.17) is 4.74 Å². The molecule has 0 saturated carbocycles. The number of halogens is 2. The molecule has 0 radical (unpaired) electrons. The second-order valence-corrected chi connectivity index (χ2v) is 4.92. The summed E-state index contributed by atoms with van der Waals surface area (Å²) in [7, 11) is 1.85. The predicted molar refractivity (Wildman–Crippen MR) is 76.2 cm³/mol. The van der Waals surface area contributed by atoms with E-state index in [1.807, 2.05) is 18.0 Å². The third kappa shape index (κ3) is 3.02. The second-order valence-electron chi connectivity index (χ2n) is 4.92. The van der Waals surface area contributed by atoms with Gasteiger partial charge in [0.15, 0.2) is 0 Å². The van der Waals surface area contributed by atoms with Crippen molar-refractivity contribution in [2.24, 2.45) is 4.99 Å². The topological polar surface area (TPSA) is 24.8 Å². The van der Waals surface area contributed by atoms with Crippen molar-refractivity contribution in [1.82, 2.24) is 4.90 Å². The van der Waals surface area contributed by atoms with E-state index in [-0.39, 0.29) is 17.7 Å². The number of amidine groups is 1. The van der Waals surface area contributed by atoms with Gasteiger partial charge in [0.25, 0.3) is 6.02 Å². The van der Waals surface area contributed by atoms with Crippen molar-refractivity contribution in [1.29, 1.82) is 0 Å². The SMILES string of the molecule is CN1CC(c2cccc(F)c2)N=C1Oc1ccc(F)cc1. The van der Waals surface area contributed by atoms with Crippen LogP contribution in [0.15, 0.2) is 53.5 Å². The molecule has 2 aromatic rings. The molecule has 3 rings (SSSR count). The third-order valence-electron chi connectivity index (χ3n) is 3.30. The Morgan fingerprint density at radius 2 is 1.86 bits per heavy atom. The van der Waals surface area contributed by atoms with Crippen molar-refractivity contribution in [3.63, 3.8) is 0 Å². The Labute approximate surface area is 121 Å². The van der Waals surface area contributed by atoms with Gasteiger partial charge < -0.3 is 9.64 Å². The predicted octanol–water partition coefficient (Wildman–Crippen LogP) is 3.39. The minimum atomic E-state index is -0.318. The maximum absolute atomic E-state index is 13.3. The van der Waals surface area contributed by atoms with E-state index in [1.54, 1.807) is 18.2 Å². The Kier molecular flexibility index (Phi) is 3.56. The zero-order chi connectivity index (χ0) is 14.8. The summed E-state index contributed by atoms with van der Waals surface area (Å²) in [6, 6.07) is 12.4. The number of hydrogen-bond donors (Lipinski definition) is 0. The van der Waals surface area contributed by atoms with Crippen LogP contribution in [0.4, 0.5) is 8.78 Å². The first kappa shape index (κ1) is 13.5. The zero-order valence-corrected chi connectivity index (χ0v) is 11.5. The number of aliphatic imine (C=N–C) groups is 1. The molecule has 1 atom stereocenters. The number of hydrogen-bond acceptors (Lipinski definition) is 3. The first-order valence-corrected chi connectivity index (χ1v) is 6.59. The lowest BCUT2D eigenvalue weighted by atomic mass is 10.1. The average Bonchev–Trinajstić information content (AvgIpc) is 2.83. The highest BCUT2D eigenvalue weighted by atomic mass is 19.1. The molecule has 108 valence electrons. The summed E-state index contributed by atoms with van der Waals surface area (Å²) < 4.78 is 31.8. The van der Waals surface area contributed by atoms with Crippen LogP contribution in [-0.4, -0.2) is 24.5 Å². The highest BCUT2D eigenvalue weighted by molar-refractivity contribution is 5.78. The lowest BCUT2D eigenvalue weighted by Crippen LogP contribution is -2.27. The molecule has 2 aromatic carbocycles. The molecule has 0 bridgehead atoms. The second kappa shape index (κ2) is 5.52. The molecule has 21 heavy (non-hydrogen) atoms. The summed E-state index contributed by atoms with van der Waals surface area (Å²) in [5, 5.41) is 0. The smallest absolute Gasteiger partial charge is 0.293 e. The molecule has 0 saturated heterocycles. The Morgan fingerprint density at radius 1 is 1.10 bits per heavy atom. The monoisotopic (exact) mass is 288 g/mol. The van der Waals surface area contributed by atoms with E-state index in [1.165, 1.54) is 24.3 Å². The van der Waals surface area contributed by atoms with Gasteiger partial charge in [-0.2, -0.15) is 0 Å². The summed E-state index contributed by atoms with van der Waals surface area (Å²) in [6.07, 6.45) is 0. The summed E-state index contributed by atoms with van der Waals surface area (Å²) in [6.45, 7) is 0.611.